The maximum atomic E-state index is 12.5. The summed E-state index contributed by atoms with van der Waals surface area (Å²) in [5.41, 5.74) is 2.67. The summed E-state index contributed by atoms with van der Waals surface area (Å²) in [7, 11) is 2.00. The van der Waals surface area contributed by atoms with Crippen LogP contribution >= 0.6 is 0 Å². The lowest BCUT2D eigenvalue weighted by Crippen LogP contribution is -2.07. The van der Waals surface area contributed by atoms with E-state index >= 15 is 0 Å². The molecule has 0 saturated carbocycles. The Morgan fingerprint density at radius 3 is 2.52 bits per heavy atom. The summed E-state index contributed by atoms with van der Waals surface area (Å²) in [4.78, 5) is 12.5. The van der Waals surface area contributed by atoms with Gasteiger partial charge in [0, 0.05) is 23.3 Å². The molecule has 0 saturated heterocycles. The Labute approximate surface area is 134 Å². The van der Waals surface area contributed by atoms with Gasteiger partial charge in [-0.25, -0.2) is 4.79 Å². The molecular weight excluding hydrogens is 286 g/mol. The smallest absolute Gasteiger partial charge is 0.340 e. The second kappa shape index (κ2) is 5.13. The van der Waals surface area contributed by atoms with Crippen LogP contribution < -0.4 is 0 Å². The highest BCUT2D eigenvalue weighted by Crippen LogP contribution is 2.36. The zero-order valence-corrected chi connectivity index (χ0v) is 13.2. The first kappa shape index (κ1) is 13.8. The van der Waals surface area contributed by atoms with Gasteiger partial charge in [0.15, 0.2) is 0 Å². The van der Waals surface area contributed by atoms with Crippen molar-refractivity contribution in [3.8, 4) is 0 Å². The van der Waals surface area contributed by atoms with Gasteiger partial charge in [0.05, 0.1) is 17.7 Å². The highest BCUT2D eigenvalue weighted by Gasteiger charge is 2.19. The van der Waals surface area contributed by atoms with Crippen molar-refractivity contribution < 1.29 is 9.53 Å². The molecule has 23 heavy (non-hydrogen) atoms. The number of fused-ring (bicyclic) bond motifs is 5. The lowest BCUT2D eigenvalue weighted by Gasteiger charge is -2.09. The van der Waals surface area contributed by atoms with E-state index in [1.807, 2.05) is 50.4 Å². The molecule has 0 unspecified atom stereocenters. The standard InChI is InChI=1S/C20H17NO2/c1-3-23-20(22)16-12-13-8-4-5-9-14(13)18-15-10-6-7-11-17(15)21(2)19(16)18/h4-12H,3H2,1-2H3. The van der Waals surface area contributed by atoms with Crippen LogP contribution in [-0.2, 0) is 11.8 Å². The Bertz CT molecular complexity index is 1060. The fraction of sp³-hybridized carbons (Fsp3) is 0.150. The summed E-state index contributed by atoms with van der Waals surface area (Å²) in [6.45, 7) is 2.20. The number of rotatable bonds is 2. The van der Waals surface area contributed by atoms with Crippen LogP contribution in [0.25, 0.3) is 32.6 Å². The van der Waals surface area contributed by atoms with E-state index in [-0.39, 0.29) is 5.97 Å². The normalized spacial score (nSPS) is 11.4. The molecule has 1 aromatic heterocycles. The molecule has 3 aromatic carbocycles. The Kier molecular flexibility index (Phi) is 3.08. The minimum absolute atomic E-state index is 0.269. The van der Waals surface area contributed by atoms with Gasteiger partial charge < -0.3 is 9.30 Å². The van der Waals surface area contributed by atoms with Gasteiger partial charge in [-0.05, 0) is 29.8 Å². The number of carbonyl (C=O) groups excluding carboxylic acids is 1. The summed E-state index contributed by atoms with van der Waals surface area (Å²) in [5, 5.41) is 4.49. The summed E-state index contributed by atoms with van der Waals surface area (Å²) in [6, 6.07) is 18.4. The van der Waals surface area contributed by atoms with Crippen molar-refractivity contribution in [3.05, 3.63) is 60.2 Å². The molecular formula is C20H17NO2. The van der Waals surface area contributed by atoms with E-state index < -0.39 is 0 Å². The average Bonchev–Trinajstić information content (AvgIpc) is 2.88. The van der Waals surface area contributed by atoms with Gasteiger partial charge in [-0.2, -0.15) is 0 Å². The molecule has 0 aliphatic carbocycles. The van der Waals surface area contributed by atoms with Crippen LogP contribution in [0.4, 0.5) is 0 Å². The second-order valence-electron chi connectivity index (χ2n) is 5.67. The fourth-order valence-electron chi connectivity index (χ4n) is 3.42. The first-order chi connectivity index (χ1) is 11.2. The quantitative estimate of drug-likeness (QED) is 0.504. The van der Waals surface area contributed by atoms with Gasteiger partial charge in [0.25, 0.3) is 0 Å². The lowest BCUT2D eigenvalue weighted by atomic mass is 10.00. The number of para-hydroxylation sites is 1. The summed E-state index contributed by atoms with van der Waals surface area (Å²) in [6.07, 6.45) is 0. The molecule has 114 valence electrons. The van der Waals surface area contributed by atoms with Crippen LogP contribution in [0.3, 0.4) is 0 Å². The topological polar surface area (TPSA) is 31.2 Å². The van der Waals surface area contributed by atoms with E-state index in [0.29, 0.717) is 12.2 Å². The zero-order chi connectivity index (χ0) is 16.0. The maximum Gasteiger partial charge on any atom is 0.340 e. The largest absolute Gasteiger partial charge is 0.462 e. The highest BCUT2D eigenvalue weighted by atomic mass is 16.5. The lowest BCUT2D eigenvalue weighted by molar-refractivity contribution is 0.0528. The molecule has 4 aromatic rings. The number of benzene rings is 3. The number of esters is 1. The Morgan fingerprint density at radius 2 is 1.74 bits per heavy atom. The Hall–Kier alpha value is -2.81. The first-order valence-corrected chi connectivity index (χ1v) is 7.78. The van der Waals surface area contributed by atoms with Gasteiger partial charge in [-0.1, -0.05) is 42.5 Å². The molecule has 4 rings (SSSR count). The number of hydrogen-bond donors (Lipinski definition) is 0. The molecule has 0 radical (unpaired) electrons. The molecule has 0 aliphatic heterocycles. The van der Waals surface area contributed by atoms with E-state index in [2.05, 4.69) is 22.8 Å². The molecule has 0 spiro atoms. The van der Waals surface area contributed by atoms with Gasteiger partial charge in [-0.15, -0.1) is 0 Å². The van der Waals surface area contributed by atoms with E-state index in [9.17, 15) is 4.79 Å². The van der Waals surface area contributed by atoms with Crippen LogP contribution in [0.2, 0.25) is 0 Å². The van der Waals surface area contributed by atoms with E-state index in [1.54, 1.807) is 0 Å². The number of nitrogens with zero attached hydrogens (tertiary/aromatic N) is 1. The number of aromatic nitrogens is 1. The third kappa shape index (κ3) is 1.93. The number of carbonyl (C=O) groups is 1. The number of hydrogen-bond acceptors (Lipinski definition) is 2. The molecule has 3 nitrogen and oxygen atoms in total. The SMILES string of the molecule is CCOC(=O)c1cc2ccccc2c2c3ccccc3n(C)c12. The van der Waals surface area contributed by atoms with Crippen molar-refractivity contribution in [1.29, 1.82) is 0 Å². The van der Waals surface area contributed by atoms with E-state index in [0.717, 1.165) is 32.6 Å². The number of ether oxygens (including phenoxy) is 1. The third-order valence-corrected chi connectivity index (χ3v) is 4.39. The van der Waals surface area contributed by atoms with Crippen molar-refractivity contribution in [1.82, 2.24) is 4.57 Å². The predicted octanol–water partition coefficient (Wildman–Crippen LogP) is 4.66. The molecule has 0 N–H and O–H groups in total. The third-order valence-electron chi connectivity index (χ3n) is 4.39. The fourth-order valence-corrected chi connectivity index (χ4v) is 3.42. The zero-order valence-electron chi connectivity index (χ0n) is 13.2. The van der Waals surface area contributed by atoms with Crippen molar-refractivity contribution in [2.75, 3.05) is 6.61 Å². The van der Waals surface area contributed by atoms with Crippen LogP contribution in [0.5, 0.6) is 0 Å². The summed E-state index contributed by atoms with van der Waals surface area (Å²) in [5.74, 6) is -0.269. The van der Waals surface area contributed by atoms with Crippen molar-refractivity contribution in [3.63, 3.8) is 0 Å². The van der Waals surface area contributed by atoms with Gasteiger partial charge in [0.2, 0.25) is 0 Å². The van der Waals surface area contributed by atoms with Crippen molar-refractivity contribution in [2.45, 2.75) is 6.92 Å². The van der Waals surface area contributed by atoms with E-state index in [4.69, 9.17) is 4.74 Å². The molecule has 0 aliphatic rings. The molecule has 1 heterocycles. The molecule has 0 amide bonds. The van der Waals surface area contributed by atoms with Crippen LogP contribution in [0.1, 0.15) is 17.3 Å². The highest BCUT2D eigenvalue weighted by molar-refractivity contribution is 6.25. The van der Waals surface area contributed by atoms with Gasteiger partial charge in [0.1, 0.15) is 0 Å². The summed E-state index contributed by atoms with van der Waals surface area (Å²) >= 11 is 0. The van der Waals surface area contributed by atoms with Crippen LogP contribution in [-0.4, -0.2) is 17.1 Å². The monoisotopic (exact) mass is 303 g/mol. The number of aryl methyl sites for hydroxylation is 1. The second-order valence-corrected chi connectivity index (χ2v) is 5.67. The summed E-state index contributed by atoms with van der Waals surface area (Å²) < 4.78 is 7.37. The van der Waals surface area contributed by atoms with Crippen LogP contribution in [0, 0.1) is 0 Å². The Morgan fingerprint density at radius 1 is 1.04 bits per heavy atom. The molecule has 0 atom stereocenters. The van der Waals surface area contributed by atoms with Gasteiger partial charge in [-0.3, -0.25) is 0 Å². The van der Waals surface area contributed by atoms with E-state index in [1.165, 1.54) is 0 Å². The maximum absolute atomic E-state index is 12.5. The van der Waals surface area contributed by atoms with Crippen molar-refractivity contribution >= 4 is 38.5 Å². The molecule has 0 bridgehead atoms. The predicted molar refractivity (Wildman–Crippen MR) is 93.9 cm³/mol. The minimum atomic E-state index is -0.269. The minimum Gasteiger partial charge on any atom is -0.462 e. The van der Waals surface area contributed by atoms with Crippen LogP contribution in [0.15, 0.2) is 54.6 Å². The average molecular weight is 303 g/mol. The van der Waals surface area contributed by atoms with Gasteiger partial charge >= 0.3 is 5.97 Å². The first-order valence-electron chi connectivity index (χ1n) is 7.78. The molecule has 3 heteroatoms. The Balaban J connectivity index is 2.27. The van der Waals surface area contributed by atoms with Crippen molar-refractivity contribution in [2.24, 2.45) is 7.05 Å². The molecule has 0 fully saturated rings.